The van der Waals surface area contributed by atoms with Crippen molar-refractivity contribution in [1.29, 1.82) is 0 Å². The highest BCUT2D eigenvalue weighted by Gasteiger charge is 2.33. The summed E-state index contributed by atoms with van der Waals surface area (Å²) in [6, 6.07) is 10.7. The Bertz CT molecular complexity index is 1330. The van der Waals surface area contributed by atoms with Gasteiger partial charge >= 0.3 is 6.36 Å². The highest BCUT2D eigenvalue weighted by Crippen LogP contribution is 2.43. The number of nitrogens with zero attached hydrogens (tertiary/aromatic N) is 2. The molecule has 172 valence electrons. The summed E-state index contributed by atoms with van der Waals surface area (Å²) in [5, 5.41) is 3.19. The Morgan fingerprint density at radius 1 is 0.909 bits per heavy atom. The van der Waals surface area contributed by atoms with Crippen molar-refractivity contribution in [1.82, 2.24) is 9.97 Å². The van der Waals surface area contributed by atoms with Gasteiger partial charge in [-0.3, -0.25) is 0 Å². The molecule has 10 heteroatoms. The monoisotopic (exact) mass is 512 g/mol. The first kappa shape index (κ1) is 23.6. The number of para-hydroxylation sites is 2. The summed E-state index contributed by atoms with van der Waals surface area (Å²) in [4.78, 5) is 9.88. The summed E-state index contributed by atoms with van der Waals surface area (Å²) in [7, 11) is 0. The number of aromatic nitrogens is 2. The minimum atomic E-state index is -4.87. The van der Waals surface area contributed by atoms with E-state index in [1.54, 1.807) is 24.3 Å². The maximum atomic E-state index is 12.9. The minimum absolute atomic E-state index is 0.116. The second-order valence-electron chi connectivity index (χ2n) is 8.16. The van der Waals surface area contributed by atoms with Gasteiger partial charge in [0.1, 0.15) is 10.7 Å². The predicted octanol–water partition coefficient (Wildman–Crippen LogP) is 8.65. The second-order valence-corrected chi connectivity index (χ2v) is 9.83. The summed E-state index contributed by atoms with van der Waals surface area (Å²) in [5.41, 5.74) is 1.04. The van der Waals surface area contributed by atoms with Crippen LogP contribution < -0.4 is 9.47 Å². The predicted molar refractivity (Wildman–Crippen MR) is 125 cm³/mol. The number of thiophene rings is 1. The molecule has 0 bridgehead atoms. The molecule has 0 fully saturated rings. The fraction of sp³-hybridized carbons (Fsp3) is 0.217. The summed E-state index contributed by atoms with van der Waals surface area (Å²) >= 11 is 13.6. The van der Waals surface area contributed by atoms with E-state index < -0.39 is 17.5 Å². The maximum Gasteiger partial charge on any atom is 0.573 e. The molecule has 2 aromatic heterocycles. The fourth-order valence-electron chi connectivity index (χ4n) is 3.04. The van der Waals surface area contributed by atoms with Crippen LogP contribution in [0.1, 0.15) is 26.6 Å². The van der Waals surface area contributed by atoms with E-state index in [9.17, 15) is 13.2 Å². The summed E-state index contributed by atoms with van der Waals surface area (Å²) in [6.45, 7) is 5.81. The molecule has 0 amide bonds. The molecule has 0 aliphatic heterocycles. The van der Waals surface area contributed by atoms with Crippen molar-refractivity contribution in [2.45, 2.75) is 32.5 Å². The van der Waals surface area contributed by atoms with E-state index >= 15 is 0 Å². The van der Waals surface area contributed by atoms with Gasteiger partial charge in [-0.2, -0.15) is 4.98 Å². The summed E-state index contributed by atoms with van der Waals surface area (Å²) < 4.78 is 48.8. The molecule has 0 spiro atoms. The van der Waals surface area contributed by atoms with Crippen molar-refractivity contribution in [3.05, 3.63) is 63.7 Å². The van der Waals surface area contributed by atoms with Gasteiger partial charge in [-0.1, -0.05) is 62.2 Å². The smallest absolute Gasteiger partial charge is 0.434 e. The molecule has 33 heavy (non-hydrogen) atoms. The number of alkyl halides is 3. The molecule has 0 saturated heterocycles. The van der Waals surface area contributed by atoms with Crippen LogP contribution in [0.5, 0.6) is 17.4 Å². The van der Waals surface area contributed by atoms with Crippen LogP contribution in [0.4, 0.5) is 13.2 Å². The van der Waals surface area contributed by atoms with E-state index in [0.717, 1.165) is 11.1 Å². The third-order valence-electron chi connectivity index (χ3n) is 4.58. The van der Waals surface area contributed by atoms with E-state index in [0.29, 0.717) is 26.1 Å². The van der Waals surface area contributed by atoms with Gasteiger partial charge in [0.05, 0.1) is 15.4 Å². The second kappa shape index (κ2) is 8.66. The zero-order valence-electron chi connectivity index (χ0n) is 17.6. The highest BCUT2D eigenvalue weighted by atomic mass is 35.5. The molecule has 4 rings (SSSR count). The molecule has 0 aliphatic rings. The third-order valence-corrected chi connectivity index (χ3v) is 6.19. The lowest BCUT2D eigenvalue weighted by molar-refractivity contribution is -0.275. The average Bonchev–Trinajstić information content (AvgIpc) is 3.14. The zero-order valence-corrected chi connectivity index (χ0v) is 20.0. The lowest BCUT2D eigenvalue weighted by Gasteiger charge is -2.19. The third kappa shape index (κ3) is 5.18. The van der Waals surface area contributed by atoms with Crippen LogP contribution in [0.15, 0.2) is 47.8 Å². The van der Waals surface area contributed by atoms with Crippen molar-refractivity contribution in [3.63, 3.8) is 0 Å². The number of ether oxygens (including phenoxy) is 2. The van der Waals surface area contributed by atoms with Gasteiger partial charge in [0.15, 0.2) is 11.5 Å². The number of halogens is 5. The fourth-order valence-corrected chi connectivity index (χ4v) is 4.28. The van der Waals surface area contributed by atoms with Crippen LogP contribution in [-0.4, -0.2) is 16.3 Å². The molecule has 0 aliphatic carbocycles. The minimum Gasteiger partial charge on any atom is -0.434 e. The summed E-state index contributed by atoms with van der Waals surface area (Å²) in [5.74, 6) is 0.00796. The van der Waals surface area contributed by atoms with Gasteiger partial charge in [-0.25, -0.2) is 4.98 Å². The maximum absolute atomic E-state index is 12.9. The largest absolute Gasteiger partial charge is 0.573 e. The van der Waals surface area contributed by atoms with Crippen molar-refractivity contribution >= 4 is 44.8 Å². The van der Waals surface area contributed by atoms with E-state index in [-0.39, 0.29) is 11.6 Å². The number of fused-ring (bicyclic) bond motifs is 1. The molecule has 2 aromatic carbocycles. The first-order chi connectivity index (χ1) is 15.4. The van der Waals surface area contributed by atoms with Crippen molar-refractivity contribution in [2.75, 3.05) is 0 Å². The Kier molecular flexibility index (Phi) is 6.20. The Balaban J connectivity index is 1.91. The van der Waals surface area contributed by atoms with Crippen molar-refractivity contribution < 1.29 is 22.6 Å². The van der Waals surface area contributed by atoms with E-state index in [2.05, 4.69) is 14.7 Å². The first-order valence-corrected chi connectivity index (χ1v) is 11.3. The Hall–Kier alpha value is -2.55. The Morgan fingerprint density at radius 3 is 2.24 bits per heavy atom. The van der Waals surface area contributed by atoms with E-state index in [1.807, 2.05) is 26.2 Å². The van der Waals surface area contributed by atoms with Gasteiger partial charge < -0.3 is 9.47 Å². The van der Waals surface area contributed by atoms with Gasteiger partial charge in [-0.15, -0.1) is 24.5 Å². The summed E-state index contributed by atoms with van der Waals surface area (Å²) in [6.07, 6.45) is -4.87. The van der Waals surface area contributed by atoms with Gasteiger partial charge in [-0.05, 0) is 29.8 Å². The van der Waals surface area contributed by atoms with E-state index in [4.69, 9.17) is 27.9 Å². The normalized spacial score (nSPS) is 12.2. The molecule has 0 radical (unpaired) electrons. The topological polar surface area (TPSA) is 44.2 Å². The van der Waals surface area contributed by atoms with Gasteiger partial charge in [0.2, 0.25) is 5.88 Å². The van der Waals surface area contributed by atoms with Crippen LogP contribution in [0.3, 0.4) is 0 Å². The Morgan fingerprint density at radius 2 is 1.61 bits per heavy atom. The first-order valence-electron chi connectivity index (χ1n) is 9.70. The number of hydrogen-bond acceptors (Lipinski definition) is 5. The van der Waals surface area contributed by atoms with Crippen molar-refractivity contribution in [2.24, 2.45) is 0 Å². The van der Waals surface area contributed by atoms with E-state index in [1.165, 1.54) is 29.5 Å². The molecular weight excluding hydrogens is 496 g/mol. The molecule has 0 atom stereocenters. The van der Waals surface area contributed by atoms with Crippen LogP contribution in [0.2, 0.25) is 10.0 Å². The average molecular weight is 513 g/mol. The van der Waals surface area contributed by atoms with Crippen LogP contribution in [-0.2, 0) is 5.41 Å². The molecule has 2 heterocycles. The number of benzene rings is 2. The van der Waals surface area contributed by atoms with Crippen LogP contribution >= 0.6 is 34.5 Å². The number of rotatable bonds is 4. The zero-order chi connectivity index (χ0) is 24.0. The molecule has 0 N–H and O–H groups in total. The quantitative estimate of drug-likeness (QED) is 0.274. The standard InChI is InChI=1S/C23H17Cl2F3N2O2S/c1-22(2,3)21-29-19(31-16-6-4-5-7-17(16)32-23(26,27)28)18-13(11-33-20(18)30-21)12-8-9-14(24)15(25)10-12/h4-11H,1-3H3. The molecule has 0 saturated carbocycles. The molecule has 4 nitrogen and oxygen atoms in total. The SMILES string of the molecule is CC(C)(C)c1nc(Oc2ccccc2OC(F)(F)F)c2c(-c3ccc(Cl)c(Cl)c3)csc2n1. The Labute approximate surface area is 201 Å². The van der Waals surface area contributed by atoms with Gasteiger partial charge in [0, 0.05) is 16.4 Å². The molecule has 0 unspecified atom stereocenters. The van der Waals surface area contributed by atoms with Crippen LogP contribution in [0, 0.1) is 0 Å². The highest BCUT2D eigenvalue weighted by molar-refractivity contribution is 7.17. The lowest BCUT2D eigenvalue weighted by atomic mass is 9.95. The van der Waals surface area contributed by atoms with Crippen molar-refractivity contribution in [3.8, 4) is 28.5 Å². The molecular formula is C23H17Cl2F3N2O2S. The number of hydrogen-bond donors (Lipinski definition) is 0. The molecule has 4 aromatic rings. The van der Waals surface area contributed by atoms with Gasteiger partial charge in [0.25, 0.3) is 0 Å². The van der Waals surface area contributed by atoms with Crippen LogP contribution in [0.25, 0.3) is 21.3 Å². The lowest BCUT2D eigenvalue weighted by Crippen LogP contribution is -2.18.